The van der Waals surface area contributed by atoms with Crippen LogP contribution in [-0.2, 0) is 4.74 Å². The number of alkyl halides is 3. The minimum atomic E-state index is -4.40. The molecule has 0 spiro atoms. The third-order valence-electron chi connectivity index (χ3n) is 1.92. The maximum Gasteiger partial charge on any atom is 0.411 e. The van der Waals surface area contributed by atoms with E-state index in [-0.39, 0.29) is 29.5 Å². The summed E-state index contributed by atoms with van der Waals surface area (Å²) in [5.74, 6) is -1.22. The molecule has 0 radical (unpaired) electrons. The smallest absolute Gasteiger partial charge is 0.411 e. The van der Waals surface area contributed by atoms with Crippen LogP contribution in [-0.4, -0.2) is 37.1 Å². The number of ether oxygens (including phenoxy) is 2. The summed E-state index contributed by atoms with van der Waals surface area (Å²) in [7, 11) is 0. The monoisotopic (exact) mass is 298 g/mol. The van der Waals surface area contributed by atoms with Crippen molar-refractivity contribution in [2.24, 2.45) is 0 Å². The molecule has 1 aromatic rings. The van der Waals surface area contributed by atoms with Gasteiger partial charge < -0.3 is 14.6 Å². The number of aromatic carboxylic acids is 1. The maximum absolute atomic E-state index is 11.8. The molecular weight excluding hydrogens is 289 g/mol. The first kappa shape index (κ1) is 15.6. The number of benzene rings is 1. The lowest BCUT2D eigenvalue weighted by Gasteiger charge is -2.10. The molecule has 19 heavy (non-hydrogen) atoms. The minimum absolute atomic E-state index is 0.0208. The van der Waals surface area contributed by atoms with Gasteiger partial charge in [0.1, 0.15) is 24.5 Å². The number of carboxylic acids is 1. The molecule has 0 saturated carbocycles. The zero-order valence-corrected chi connectivity index (χ0v) is 10.3. The van der Waals surface area contributed by atoms with Crippen LogP contribution < -0.4 is 4.74 Å². The van der Waals surface area contributed by atoms with Crippen molar-refractivity contribution in [1.82, 2.24) is 0 Å². The predicted molar refractivity (Wildman–Crippen MR) is 60.8 cm³/mol. The number of hydrogen-bond donors (Lipinski definition) is 1. The lowest BCUT2D eigenvalue weighted by Crippen LogP contribution is -2.19. The van der Waals surface area contributed by atoms with Crippen molar-refractivity contribution in [1.29, 1.82) is 0 Å². The summed E-state index contributed by atoms with van der Waals surface area (Å²) in [6, 6.07) is 3.94. The normalized spacial score (nSPS) is 11.4. The first-order chi connectivity index (χ1) is 8.79. The van der Waals surface area contributed by atoms with E-state index in [2.05, 4.69) is 4.74 Å². The fourth-order valence-electron chi connectivity index (χ4n) is 1.19. The summed E-state index contributed by atoms with van der Waals surface area (Å²) in [6.07, 6.45) is -4.40. The lowest BCUT2D eigenvalue weighted by atomic mass is 10.2. The Morgan fingerprint density at radius 2 is 2.00 bits per heavy atom. The van der Waals surface area contributed by atoms with Gasteiger partial charge in [0.25, 0.3) is 0 Å². The zero-order chi connectivity index (χ0) is 14.5. The lowest BCUT2D eigenvalue weighted by molar-refractivity contribution is -0.175. The SMILES string of the molecule is O=C(O)c1cc(Cl)ccc1OCCOCC(F)(F)F. The van der Waals surface area contributed by atoms with Gasteiger partial charge in [-0.3, -0.25) is 0 Å². The highest BCUT2D eigenvalue weighted by atomic mass is 35.5. The van der Waals surface area contributed by atoms with Gasteiger partial charge in [-0.05, 0) is 18.2 Å². The Labute approximate surface area is 111 Å². The summed E-state index contributed by atoms with van der Waals surface area (Å²) < 4.78 is 44.6. The van der Waals surface area contributed by atoms with Crippen LogP contribution in [0.15, 0.2) is 18.2 Å². The Morgan fingerprint density at radius 3 is 2.58 bits per heavy atom. The molecule has 1 rings (SSSR count). The van der Waals surface area contributed by atoms with Crippen molar-refractivity contribution in [3.63, 3.8) is 0 Å². The van der Waals surface area contributed by atoms with E-state index in [9.17, 15) is 18.0 Å². The van der Waals surface area contributed by atoms with E-state index < -0.39 is 18.8 Å². The first-order valence-electron chi connectivity index (χ1n) is 5.10. The second-order valence-electron chi connectivity index (χ2n) is 3.46. The Kier molecular flexibility index (Phi) is 5.44. The van der Waals surface area contributed by atoms with Gasteiger partial charge in [0, 0.05) is 5.02 Å². The molecule has 0 unspecified atom stereocenters. The van der Waals surface area contributed by atoms with Crippen LogP contribution in [0.2, 0.25) is 5.02 Å². The van der Waals surface area contributed by atoms with Crippen molar-refractivity contribution in [3.8, 4) is 5.75 Å². The number of halogens is 4. The molecular formula is C11H10ClF3O4. The molecule has 106 valence electrons. The average molecular weight is 299 g/mol. The molecule has 8 heteroatoms. The molecule has 0 amide bonds. The van der Waals surface area contributed by atoms with Crippen molar-refractivity contribution in [2.45, 2.75) is 6.18 Å². The molecule has 0 aliphatic carbocycles. The van der Waals surface area contributed by atoms with Gasteiger partial charge in [0.15, 0.2) is 0 Å². The van der Waals surface area contributed by atoms with E-state index in [0.29, 0.717) is 0 Å². The summed E-state index contributed by atoms with van der Waals surface area (Å²) in [5.41, 5.74) is -0.164. The van der Waals surface area contributed by atoms with E-state index in [4.69, 9.17) is 21.4 Å². The van der Waals surface area contributed by atoms with Crippen LogP contribution in [0.5, 0.6) is 5.75 Å². The van der Waals surface area contributed by atoms with Crippen LogP contribution in [0.25, 0.3) is 0 Å². The standard InChI is InChI=1S/C11H10ClF3O4/c12-7-1-2-9(8(5-7)10(16)17)19-4-3-18-6-11(13,14)15/h1-2,5H,3-4,6H2,(H,16,17). The number of rotatable bonds is 6. The Balaban J connectivity index is 2.47. The van der Waals surface area contributed by atoms with Gasteiger partial charge >= 0.3 is 12.1 Å². The van der Waals surface area contributed by atoms with E-state index in [1.165, 1.54) is 18.2 Å². The third kappa shape index (κ3) is 5.80. The Hall–Kier alpha value is -1.47. The van der Waals surface area contributed by atoms with Crippen LogP contribution in [0.3, 0.4) is 0 Å². The molecule has 1 N–H and O–H groups in total. The predicted octanol–water partition coefficient (Wildman–Crippen LogP) is 3.00. The second kappa shape index (κ2) is 6.63. The molecule has 0 atom stereocenters. The highest BCUT2D eigenvalue weighted by molar-refractivity contribution is 6.31. The minimum Gasteiger partial charge on any atom is -0.490 e. The summed E-state index contributed by atoms with van der Waals surface area (Å²) in [4.78, 5) is 10.9. The zero-order valence-electron chi connectivity index (χ0n) is 9.54. The summed E-state index contributed by atoms with van der Waals surface area (Å²) in [6.45, 7) is -1.87. The molecule has 0 aliphatic rings. The van der Waals surface area contributed by atoms with Gasteiger partial charge in [-0.25, -0.2) is 4.79 Å². The topological polar surface area (TPSA) is 55.8 Å². The van der Waals surface area contributed by atoms with E-state index in [1.54, 1.807) is 0 Å². The molecule has 0 heterocycles. The van der Waals surface area contributed by atoms with Crippen molar-refractivity contribution in [2.75, 3.05) is 19.8 Å². The van der Waals surface area contributed by atoms with Gasteiger partial charge in [-0.1, -0.05) is 11.6 Å². The highest BCUT2D eigenvalue weighted by Gasteiger charge is 2.27. The number of carboxylic acid groups (broad SMARTS) is 1. The van der Waals surface area contributed by atoms with Crippen molar-refractivity contribution >= 4 is 17.6 Å². The van der Waals surface area contributed by atoms with Crippen LogP contribution in [0.4, 0.5) is 13.2 Å². The fraction of sp³-hybridized carbons (Fsp3) is 0.364. The van der Waals surface area contributed by atoms with Crippen LogP contribution >= 0.6 is 11.6 Å². The van der Waals surface area contributed by atoms with Gasteiger partial charge in [-0.15, -0.1) is 0 Å². The van der Waals surface area contributed by atoms with Crippen LogP contribution in [0.1, 0.15) is 10.4 Å². The van der Waals surface area contributed by atoms with Crippen LogP contribution in [0, 0.1) is 0 Å². The largest absolute Gasteiger partial charge is 0.490 e. The van der Waals surface area contributed by atoms with Crippen molar-refractivity contribution < 1.29 is 32.5 Å². The van der Waals surface area contributed by atoms with E-state index in [0.717, 1.165) is 0 Å². The molecule has 4 nitrogen and oxygen atoms in total. The van der Waals surface area contributed by atoms with Gasteiger partial charge in [-0.2, -0.15) is 13.2 Å². The Morgan fingerprint density at radius 1 is 1.32 bits per heavy atom. The molecule has 0 fully saturated rings. The Bertz CT molecular complexity index is 448. The summed E-state index contributed by atoms with van der Waals surface area (Å²) >= 11 is 5.63. The summed E-state index contributed by atoms with van der Waals surface area (Å²) in [5, 5.41) is 9.10. The third-order valence-corrected chi connectivity index (χ3v) is 2.16. The maximum atomic E-state index is 11.8. The second-order valence-corrected chi connectivity index (χ2v) is 3.90. The van der Waals surface area contributed by atoms with Crippen molar-refractivity contribution in [3.05, 3.63) is 28.8 Å². The molecule has 0 bridgehead atoms. The van der Waals surface area contributed by atoms with E-state index in [1.807, 2.05) is 0 Å². The highest BCUT2D eigenvalue weighted by Crippen LogP contribution is 2.23. The van der Waals surface area contributed by atoms with Gasteiger partial charge in [0.05, 0.1) is 6.61 Å². The molecule has 0 saturated heterocycles. The number of carbonyl (C=O) groups is 1. The molecule has 1 aromatic carbocycles. The van der Waals surface area contributed by atoms with Gasteiger partial charge in [0.2, 0.25) is 0 Å². The number of hydrogen-bond acceptors (Lipinski definition) is 3. The fourth-order valence-corrected chi connectivity index (χ4v) is 1.37. The van der Waals surface area contributed by atoms with E-state index >= 15 is 0 Å². The first-order valence-corrected chi connectivity index (χ1v) is 5.47. The molecule has 0 aromatic heterocycles. The molecule has 0 aliphatic heterocycles. The quantitative estimate of drug-likeness (QED) is 0.820. The average Bonchev–Trinajstić information content (AvgIpc) is 2.28.